The van der Waals surface area contributed by atoms with Gasteiger partial charge < -0.3 is 9.84 Å². The SMILES string of the molecule is CC(NC1CCCCC1)c1noc(Cc2ccccc2)n1. The van der Waals surface area contributed by atoms with Crippen LogP contribution in [-0.4, -0.2) is 16.2 Å². The lowest BCUT2D eigenvalue weighted by Gasteiger charge is -2.25. The van der Waals surface area contributed by atoms with Crippen LogP contribution in [0.2, 0.25) is 0 Å². The van der Waals surface area contributed by atoms with Gasteiger partial charge >= 0.3 is 0 Å². The quantitative estimate of drug-likeness (QED) is 0.911. The average Bonchev–Trinajstić information content (AvgIpc) is 2.98. The first-order chi connectivity index (χ1) is 10.3. The van der Waals surface area contributed by atoms with Gasteiger partial charge in [-0.25, -0.2) is 0 Å². The Labute approximate surface area is 126 Å². The van der Waals surface area contributed by atoms with E-state index in [0.717, 1.165) is 5.82 Å². The van der Waals surface area contributed by atoms with Crippen molar-refractivity contribution < 1.29 is 4.52 Å². The lowest BCUT2D eigenvalue weighted by Crippen LogP contribution is -2.33. The van der Waals surface area contributed by atoms with Gasteiger partial charge in [0, 0.05) is 6.04 Å². The van der Waals surface area contributed by atoms with Crippen LogP contribution in [0.5, 0.6) is 0 Å². The fraction of sp³-hybridized carbons (Fsp3) is 0.529. The molecule has 0 amide bonds. The minimum absolute atomic E-state index is 0.154. The highest BCUT2D eigenvalue weighted by molar-refractivity contribution is 5.18. The second-order valence-electron chi connectivity index (χ2n) is 5.93. The van der Waals surface area contributed by atoms with Crippen LogP contribution >= 0.6 is 0 Å². The molecule has 0 bridgehead atoms. The Morgan fingerprint density at radius 3 is 2.71 bits per heavy atom. The zero-order chi connectivity index (χ0) is 14.5. The normalized spacial score (nSPS) is 17.8. The lowest BCUT2D eigenvalue weighted by atomic mass is 9.95. The minimum atomic E-state index is 0.154. The second kappa shape index (κ2) is 6.85. The Bertz CT molecular complexity index is 546. The summed E-state index contributed by atoms with van der Waals surface area (Å²) in [6, 6.07) is 11.0. The van der Waals surface area contributed by atoms with Crippen molar-refractivity contribution in [2.75, 3.05) is 0 Å². The predicted molar refractivity (Wildman–Crippen MR) is 82.0 cm³/mol. The average molecular weight is 285 g/mol. The standard InChI is InChI=1S/C17H23N3O/c1-13(18-15-10-6-3-7-11-15)17-19-16(21-20-17)12-14-8-4-2-5-9-14/h2,4-5,8-9,13,15,18H,3,6-7,10-12H2,1H3. The Kier molecular flexibility index (Phi) is 4.65. The molecular weight excluding hydrogens is 262 g/mol. The summed E-state index contributed by atoms with van der Waals surface area (Å²) in [4.78, 5) is 4.53. The predicted octanol–water partition coefficient (Wildman–Crippen LogP) is 3.64. The summed E-state index contributed by atoms with van der Waals surface area (Å²) in [5.41, 5.74) is 1.19. The number of aromatic nitrogens is 2. The second-order valence-corrected chi connectivity index (χ2v) is 5.93. The molecule has 0 radical (unpaired) electrons. The van der Waals surface area contributed by atoms with Crippen LogP contribution in [0.3, 0.4) is 0 Å². The molecule has 1 fully saturated rings. The summed E-state index contributed by atoms with van der Waals surface area (Å²) in [5.74, 6) is 1.46. The van der Waals surface area contributed by atoms with Crippen LogP contribution in [0.1, 0.15) is 62.3 Å². The molecule has 1 aromatic heterocycles. The molecule has 0 spiro atoms. The van der Waals surface area contributed by atoms with Gasteiger partial charge in [-0.15, -0.1) is 0 Å². The highest BCUT2D eigenvalue weighted by Gasteiger charge is 2.19. The third-order valence-electron chi connectivity index (χ3n) is 4.16. The van der Waals surface area contributed by atoms with Gasteiger partial charge in [-0.05, 0) is 25.3 Å². The summed E-state index contributed by atoms with van der Waals surface area (Å²) < 4.78 is 5.38. The zero-order valence-electron chi connectivity index (χ0n) is 12.6. The van der Waals surface area contributed by atoms with Crippen LogP contribution in [0.15, 0.2) is 34.9 Å². The van der Waals surface area contributed by atoms with Crippen molar-refractivity contribution in [3.63, 3.8) is 0 Å². The third kappa shape index (κ3) is 3.91. The van der Waals surface area contributed by atoms with Crippen LogP contribution < -0.4 is 5.32 Å². The van der Waals surface area contributed by atoms with Gasteiger partial charge in [0.25, 0.3) is 0 Å². The summed E-state index contributed by atoms with van der Waals surface area (Å²) >= 11 is 0. The van der Waals surface area contributed by atoms with E-state index in [1.54, 1.807) is 0 Å². The monoisotopic (exact) mass is 285 g/mol. The van der Waals surface area contributed by atoms with Gasteiger partial charge in [-0.1, -0.05) is 54.8 Å². The van der Waals surface area contributed by atoms with Gasteiger partial charge in [0.2, 0.25) is 5.89 Å². The first-order valence-corrected chi connectivity index (χ1v) is 7.94. The number of rotatable bonds is 5. The van der Waals surface area contributed by atoms with Crippen molar-refractivity contribution in [3.8, 4) is 0 Å². The van der Waals surface area contributed by atoms with Gasteiger partial charge in [0.1, 0.15) is 0 Å². The molecule has 2 aromatic rings. The van der Waals surface area contributed by atoms with Crippen LogP contribution in [-0.2, 0) is 6.42 Å². The van der Waals surface area contributed by atoms with E-state index < -0.39 is 0 Å². The molecule has 0 aliphatic heterocycles. The molecular formula is C17H23N3O. The van der Waals surface area contributed by atoms with Crippen molar-refractivity contribution >= 4 is 0 Å². The van der Waals surface area contributed by atoms with Crippen molar-refractivity contribution in [2.24, 2.45) is 0 Å². The lowest BCUT2D eigenvalue weighted by molar-refractivity contribution is 0.330. The number of hydrogen-bond donors (Lipinski definition) is 1. The molecule has 1 aliphatic rings. The molecule has 1 atom stereocenters. The smallest absolute Gasteiger partial charge is 0.231 e. The molecule has 1 saturated carbocycles. The minimum Gasteiger partial charge on any atom is -0.339 e. The van der Waals surface area contributed by atoms with E-state index in [-0.39, 0.29) is 6.04 Å². The molecule has 3 rings (SSSR count). The molecule has 1 aliphatic carbocycles. The molecule has 4 heteroatoms. The highest BCUT2D eigenvalue weighted by Crippen LogP contribution is 2.20. The Morgan fingerprint density at radius 2 is 1.95 bits per heavy atom. The Hall–Kier alpha value is -1.68. The zero-order valence-corrected chi connectivity index (χ0v) is 12.6. The van der Waals surface area contributed by atoms with Gasteiger partial charge in [0.15, 0.2) is 5.82 Å². The number of hydrogen-bond acceptors (Lipinski definition) is 4. The van der Waals surface area contributed by atoms with E-state index in [4.69, 9.17) is 4.52 Å². The molecule has 0 saturated heterocycles. The topological polar surface area (TPSA) is 51.0 Å². The van der Waals surface area contributed by atoms with Crippen molar-refractivity contribution in [3.05, 3.63) is 47.6 Å². The van der Waals surface area contributed by atoms with E-state index >= 15 is 0 Å². The molecule has 4 nitrogen and oxygen atoms in total. The van der Waals surface area contributed by atoms with Crippen molar-refractivity contribution in [1.82, 2.24) is 15.5 Å². The summed E-state index contributed by atoms with van der Waals surface area (Å²) in [6.45, 7) is 2.12. The van der Waals surface area contributed by atoms with Gasteiger partial charge in [0.05, 0.1) is 12.5 Å². The third-order valence-corrected chi connectivity index (χ3v) is 4.16. The van der Waals surface area contributed by atoms with E-state index in [9.17, 15) is 0 Å². The molecule has 1 unspecified atom stereocenters. The molecule has 1 heterocycles. The van der Waals surface area contributed by atoms with Crippen molar-refractivity contribution in [1.29, 1.82) is 0 Å². The number of benzene rings is 1. The largest absolute Gasteiger partial charge is 0.339 e. The maximum absolute atomic E-state index is 5.38. The number of nitrogens with zero attached hydrogens (tertiary/aromatic N) is 2. The maximum atomic E-state index is 5.38. The van der Waals surface area contributed by atoms with E-state index in [1.165, 1.54) is 37.7 Å². The fourth-order valence-electron chi connectivity index (χ4n) is 2.98. The summed E-state index contributed by atoms with van der Waals surface area (Å²) in [7, 11) is 0. The van der Waals surface area contributed by atoms with Crippen molar-refractivity contribution in [2.45, 2.75) is 57.5 Å². The van der Waals surface area contributed by atoms with Gasteiger partial charge in [-0.2, -0.15) is 4.98 Å². The number of nitrogens with one attached hydrogen (secondary N) is 1. The van der Waals surface area contributed by atoms with E-state index in [1.807, 2.05) is 18.2 Å². The summed E-state index contributed by atoms with van der Waals surface area (Å²) in [6.07, 6.45) is 7.25. The van der Waals surface area contributed by atoms with Crippen LogP contribution in [0.25, 0.3) is 0 Å². The van der Waals surface area contributed by atoms with Crippen LogP contribution in [0, 0.1) is 0 Å². The maximum Gasteiger partial charge on any atom is 0.231 e. The highest BCUT2D eigenvalue weighted by atomic mass is 16.5. The first kappa shape index (κ1) is 14.3. The Balaban J connectivity index is 1.58. The first-order valence-electron chi connectivity index (χ1n) is 7.94. The van der Waals surface area contributed by atoms with E-state index in [2.05, 4.69) is 34.5 Å². The molecule has 112 valence electrons. The summed E-state index contributed by atoms with van der Waals surface area (Å²) in [5, 5.41) is 7.76. The molecule has 1 aromatic carbocycles. The molecule has 21 heavy (non-hydrogen) atoms. The van der Waals surface area contributed by atoms with Gasteiger partial charge in [-0.3, -0.25) is 0 Å². The van der Waals surface area contributed by atoms with Crippen LogP contribution in [0.4, 0.5) is 0 Å². The Morgan fingerprint density at radius 1 is 1.19 bits per heavy atom. The van der Waals surface area contributed by atoms with E-state index in [0.29, 0.717) is 18.4 Å². The molecule has 1 N–H and O–H groups in total. The fourth-order valence-corrected chi connectivity index (χ4v) is 2.98.